The first-order chi connectivity index (χ1) is 9.65. The van der Waals surface area contributed by atoms with Crippen LogP contribution >= 0.6 is 0 Å². The van der Waals surface area contributed by atoms with E-state index in [9.17, 15) is 9.18 Å². The first kappa shape index (κ1) is 13.9. The number of carbonyl (C=O) groups excluding carboxylic acids is 1. The van der Waals surface area contributed by atoms with Crippen molar-refractivity contribution in [2.24, 2.45) is 0 Å². The number of rotatable bonds is 4. The molecule has 1 amide bonds. The van der Waals surface area contributed by atoms with Gasteiger partial charge in [0, 0.05) is 18.5 Å². The van der Waals surface area contributed by atoms with Crippen LogP contribution in [0.5, 0.6) is 0 Å². The van der Waals surface area contributed by atoms with E-state index in [1.165, 1.54) is 18.2 Å². The summed E-state index contributed by atoms with van der Waals surface area (Å²) in [5.74, 6) is -0.483. The quantitative estimate of drug-likeness (QED) is 0.867. The van der Waals surface area contributed by atoms with Gasteiger partial charge in [-0.15, -0.1) is 0 Å². The molecule has 1 N–H and O–H groups in total. The third-order valence-electron chi connectivity index (χ3n) is 2.86. The van der Waals surface area contributed by atoms with Crippen LogP contribution in [-0.2, 0) is 4.79 Å². The Balaban J connectivity index is 1.94. The van der Waals surface area contributed by atoms with Crippen LogP contribution in [0.25, 0.3) is 6.08 Å². The maximum absolute atomic E-state index is 12.8. The Morgan fingerprint density at radius 2 is 1.85 bits per heavy atom. The van der Waals surface area contributed by atoms with E-state index in [4.69, 9.17) is 0 Å². The van der Waals surface area contributed by atoms with Crippen LogP contribution in [0.3, 0.4) is 0 Å². The second-order valence-electron chi connectivity index (χ2n) is 4.40. The number of hydrogen-bond donors (Lipinski definition) is 1. The number of aromatic nitrogens is 1. The number of benzene rings is 1. The van der Waals surface area contributed by atoms with Crippen LogP contribution in [0.4, 0.5) is 4.39 Å². The molecular weight excluding hydrogens is 255 g/mol. The van der Waals surface area contributed by atoms with E-state index in [1.807, 2.05) is 19.1 Å². The molecule has 1 heterocycles. The minimum Gasteiger partial charge on any atom is -0.346 e. The fraction of sp³-hybridized carbons (Fsp3) is 0.125. The summed E-state index contributed by atoms with van der Waals surface area (Å²) in [6.07, 6.45) is 6.52. The molecule has 1 atom stereocenters. The summed E-state index contributed by atoms with van der Waals surface area (Å²) in [4.78, 5) is 15.7. The highest BCUT2D eigenvalue weighted by Gasteiger charge is 2.07. The van der Waals surface area contributed by atoms with E-state index < -0.39 is 0 Å². The maximum atomic E-state index is 12.8. The Kier molecular flexibility index (Phi) is 4.60. The molecule has 20 heavy (non-hydrogen) atoms. The Bertz CT molecular complexity index is 594. The van der Waals surface area contributed by atoms with Crippen molar-refractivity contribution >= 4 is 12.0 Å². The lowest BCUT2D eigenvalue weighted by molar-refractivity contribution is -0.117. The van der Waals surface area contributed by atoms with E-state index in [2.05, 4.69) is 10.3 Å². The molecule has 0 saturated carbocycles. The molecule has 4 heteroatoms. The van der Waals surface area contributed by atoms with Crippen molar-refractivity contribution < 1.29 is 9.18 Å². The van der Waals surface area contributed by atoms with Crippen LogP contribution in [0.15, 0.2) is 54.9 Å². The second-order valence-corrected chi connectivity index (χ2v) is 4.40. The third-order valence-corrected chi connectivity index (χ3v) is 2.86. The van der Waals surface area contributed by atoms with E-state index >= 15 is 0 Å². The van der Waals surface area contributed by atoms with E-state index in [0.29, 0.717) is 0 Å². The first-order valence-electron chi connectivity index (χ1n) is 6.29. The zero-order valence-electron chi connectivity index (χ0n) is 11.1. The van der Waals surface area contributed by atoms with Crippen molar-refractivity contribution in [3.8, 4) is 0 Å². The number of hydrogen-bond acceptors (Lipinski definition) is 2. The Labute approximate surface area is 117 Å². The van der Waals surface area contributed by atoms with Crippen molar-refractivity contribution in [2.45, 2.75) is 13.0 Å². The van der Waals surface area contributed by atoms with Crippen LogP contribution in [0, 0.1) is 5.82 Å². The predicted molar refractivity (Wildman–Crippen MR) is 76.2 cm³/mol. The van der Waals surface area contributed by atoms with E-state index in [1.54, 1.807) is 30.6 Å². The van der Waals surface area contributed by atoms with Gasteiger partial charge >= 0.3 is 0 Å². The average Bonchev–Trinajstić information content (AvgIpc) is 2.47. The highest BCUT2D eigenvalue weighted by atomic mass is 19.1. The molecule has 0 radical (unpaired) electrons. The molecule has 0 aliphatic heterocycles. The maximum Gasteiger partial charge on any atom is 0.244 e. The lowest BCUT2D eigenvalue weighted by atomic mass is 10.1. The summed E-state index contributed by atoms with van der Waals surface area (Å²) < 4.78 is 12.8. The van der Waals surface area contributed by atoms with Crippen molar-refractivity contribution in [3.05, 3.63) is 71.8 Å². The summed E-state index contributed by atoms with van der Waals surface area (Å²) in [5.41, 5.74) is 1.77. The molecule has 0 saturated heterocycles. The van der Waals surface area contributed by atoms with Gasteiger partial charge in [0.2, 0.25) is 5.91 Å². The molecule has 0 fully saturated rings. The molecule has 0 aliphatic rings. The SMILES string of the molecule is CC(NC(=O)/C=C/c1ccncc1)c1ccc(F)cc1. The largest absolute Gasteiger partial charge is 0.346 e. The van der Waals surface area contributed by atoms with E-state index in [0.717, 1.165) is 11.1 Å². The van der Waals surface area contributed by atoms with Gasteiger partial charge in [0.15, 0.2) is 0 Å². The summed E-state index contributed by atoms with van der Waals surface area (Å²) >= 11 is 0. The molecule has 0 bridgehead atoms. The normalized spacial score (nSPS) is 12.3. The van der Waals surface area contributed by atoms with Crippen molar-refractivity contribution in [1.82, 2.24) is 10.3 Å². The van der Waals surface area contributed by atoms with Crippen LogP contribution in [-0.4, -0.2) is 10.9 Å². The van der Waals surface area contributed by atoms with Gasteiger partial charge in [0.25, 0.3) is 0 Å². The highest BCUT2D eigenvalue weighted by Crippen LogP contribution is 2.12. The predicted octanol–water partition coefficient (Wildman–Crippen LogP) is 3.11. The highest BCUT2D eigenvalue weighted by molar-refractivity contribution is 5.91. The fourth-order valence-electron chi connectivity index (χ4n) is 1.74. The minimum atomic E-state index is -0.287. The van der Waals surface area contributed by atoms with Gasteiger partial charge in [-0.05, 0) is 48.4 Å². The Morgan fingerprint density at radius 3 is 2.50 bits per heavy atom. The molecular formula is C16H15FN2O. The lowest BCUT2D eigenvalue weighted by Crippen LogP contribution is -2.24. The second kappa shape index (κ2) is 6.61. The summed E-state index contributed by atoms with van der Waals surface area (Å²) in [5, 5.41) is 2.82. The number of halogens is 1. The minimum absolute atomic E-state index is 0.176. The first-order valence-corrected chi connectivity index (χ1v) is 6.29. The molecule has 1 aromatic heterocycles. The fourth-order valence-corrected chi connectivity index (χ4v) is 1.74. The van der Waals surface area contributed by atoms with Gasteiger partial charge in [-0.1, -0.05) is 12.1 Å². The van der Waals surface area contributed by atoms with Gasteiger partial charge in [0.05, 0.1) is 6.04 Å². The van der Waals surface area contributed by atoms with Crippen molar-refractivity contribution in [2.75, 3.05) is 0 Å². The zero-order chi connectivity index (χ0) is 14.4. The molecule has 1 unspecified atom stereocenters. The molecule has 3 nitrogen and oxygen atoms in total. The monoisotopic (exact) mass is 270 g/mol. The summed E-state index contributed by atoms with van der Waals surface area (Å²) in [6, 6.07) is 9.53. The number of amides is 1. The number of nitrogens with one attached hydrogen (secondary N) is 1. The Hall–Kier alpha value is -2.49. The van der Waals surface area contributed by atoms with Crippen LogP contribution in [0.2, 0.25) is 0 Å². The van der Waals surface area contributed by atoms with Crippen molar-refractivity contribution in [1.29, 1.82) is 0 Å². The third kappa shape index (κ3) is 4.02. The smallest absolute Gasteiger partial charge is 0.244 e. The van der Waals surface area contributed by atoms with Crippen molar-refractivity contribution in [3.63, 3.8) is 0 Å². The number of pyridine rings is 1. The molecule has 2 rings (SSSR count). The van der Waals surface area contributed by atoms with Gasteiger partial charge in [-0.2, -0.15) is 0 Å². The summed E-state index contributed by atoms with van der Waals surface area (Å²) in [6.45, 7) is 1.85. The molecule has 0 spiro atoms. The zero-order valence-corrected chi connectivity index (χ0v) is 11.1. The van der Waals surface area contributed by atoms with Gasteiger partial charge in [-0.25, -0.2) is 4.39 Å². The van der Waals surface area contributed by atoms with Crippen LogP contribution in [0.1, 0.15) is 24.1 Å². The molecule has 0 aliphatic carbocycles. The van der Waals surface area contributed by atoms with Gasteiger partial charge in [0.1, 0.15) is 5.82 Å². The Morgan fingerprint density at radius 1 is 1.20 bits per heavy atom. The van der Waals surface area contributed by atoms with Gasteiger partial charge in [-0.3, -0.25) is 9.78 Å². The molecule has 102 valence electrons. The van der Waals surface area contributed by atoms with E-state index in [-0.39, 0.29) is 17.8 Å². The lowest BCUT2D eigenvalue weighted by Gasteiger charge is -2.12. The summed E-state index contributed by atoms with van der Waals surface area (Å²) in [7, 11) is 0. The van der Waals surface area contributed by atoms with Crippen LogP contribution < -0.4 is 5.32 Å². The van der Waals surface area contributed by atoms with Gasteiger partial charge < -0.3 is 5.32 Å². The molecule has 2 aromatic rings. The molecule has 1 aromatic carbocycles. The average molecular weight is 270 g/mol. The topological polar surface area (TPSA) is 42.0 Å². The number of nitrogens with zero attached hydrogens (tertiary/aromatic N) is 1. The standard InChI is InChI=1S/C16H15FN2O/c1-12(14-3-5-15(17)6-4-14)19-16(20)7-2-13-8-10-18-11-9-13/h2-12H,1H3,(H,19,20)/b7-2+. The number of carbonyl (C=O) groups is 1.